The van der Waals surface area contributed by atoms with Crippen molar-refractivity contribution < 1.29 is 52.6 Å². The molecule has 5 amide bonds. The molecular weight excluding hydrogens is 726 g/mol. The lowest BCUT2D eigenvalue weighted by atomic mass is 10.0. The van der Waals surface area contributed by atoms with Crippen molar-refractivity contribution in [1.29, 1.82) is 0 Å². The molecule has 0 saturated heterocycles. The van der Waals surface area contributed by atoms with E-state index in [0.717, 1.165) is 0 Å². The second-order valence-electron chi connectivity index (χ2n) is 11.9. The summed E-state index contributed by atoms with van der Waals surface area (Å²) in [5, 5.41) is 24.7. The number of nitrogens with zero attached hydrogens (tertiary/aromatic N) is 4. The number of non-ortho nitro benzene ring substituents is 1. The summed E-state index contributed by atoms with van der Waals surface area (Å²) in [5.41, 5.74) is 14.1. The summed E-state index contributed by atoms with van der Waals surface area (Å²) in [4.78, 5) is 75.4. The van der Waals surface area contributed by atoms with E-state index in [0.29, 0.717) is 31.1 Å². The molecule has 21 heteroatoms. The van der Waals surface area contributed by atoms with Gasteiger partial charge in [0.2, 0.25) is 17.7 Å². The van der Waals surface area contributed by atoms with Gasteiger partial charge in [-0.25, -0.2) is 9.59 Å². The second kappa shape index (κ2) is 25.9. The number of urea groups is 1. The Morgan fingerprint density at radius 2 is 1.53 bits per heavy atom. The van der Waals surface area contributed by atoms with Crippen LogP contribution in [0.3, 0.4) is 0 Å². The lowest BCUT2D eigenvalue weighted by Crippen LogP contribution is -2.54. The van der Waals surface area contributed by atoms with E-state index in [9.17, 15) is 34.1 Å². The summed E-state index contributed by atoms with van der Waals surface area (Å²) in [6, 6.07) is 8.42. The minimum Gasteiger partial charge on any atom is -0.429 e. The number of benzene rings is 2. The molecule has 0 saturated carbocycles. The fraction of sp³-hybridized carbons (Fsp3) is 0.500. The average molecular weight is 774 g/mol. The molecule has 0 aromatic heterocycles. The standard InChI is InChI=1S/C34H47N9O12/c1-23(2)30(41-29(44)13-16-51-18-20-53-21-19-52-17-15-38-42-36)32(46)40-28(4-3-14-37-33(35)47)31(45)39-25-7-5-24(6-8-25)22-54-34(48)55-27-11-9-26(10-12-27)43(49)50/h5-12,23,28,30H,3-4,13-22H2,1-2H3,(H,39,45)(H,40,46)(H,41,44)(H3,35,37,47)/t28-,30-/m0/s1. The summed E-state index contributed by atoms with van der Waals surface area (Å²) >= 11 is 0. The van der Waals surface area contributed by atoms with Gasteiger partial charge in [0.1, 0.15) is 24.4 Å². The highest BCUT2D eigenvalue weighted by Gasteiger charge is 2.29. The predicted octanol–water partition coefficient (Wildman–Crippen LogP) is 3.07. The van der Waals surface area contributed by atoms with Crippen LogP contribution in [0.5, 0.6) is 5.75 Å². The van der Waals surface area contributed by atoms with Gasteiger partial charge in [-0.05, 0) is 54.1 Å². The van der Waals surface area contributed by atoms with Crippen LogP contribution in [0, 0.1) is 16.0 Å². The highest BCUT2D eigenvalue weighted by atomic mass is 16.7. The number of hydrogen-bond acceptors (Lipinski definition) is 13. The van der Waals surface area contributed by atoms with E-state index in [-0.39, 0.29) is 76.1 Å². The van der Waals surface area contributed by atoms with Crippen LogP contribution in [0.15, 0.2) is 53.6 Å². The van der Waals surface area contributed by atoms with Crippen LogP contribution < -0.4 is 31.7 Å². The molecule has 0 unspecified atom stereocenters. The number of amides is 5. The van der Waals surface area contributed by atoms with Crippen LogP contribution in [0.25, 0.3) is 10.4 Å². The maximum atomic E-state index is 13.4. The molecule has 55 heavy (non-hydrogen) atoms. The van der Waals surface area contributed by atoms with Crippen molar-refractivity contribution in [3.05, 3.63) is 74.7 Å². The highest BCUT2D eigenvalue weighted by molar-refractivity contribution is 5.98. The van der Waals surface area contributed by atoms with Gasteiger partial charge >= 0.3 is 12.2 Å². The molecule has 6 N–H and O–H groups in total. The monoisotopic (exact) mass is 773 g/mol. The Morgan fingerprint density at radius 3 is 2.13 bits per heavy atom. The molecule has 0 radical (unpaired) electrons. The molecular formula is C34H47N9O12. The SMILES string of the molecule is CC(C)[C@H](NC(=O)CCOCCOCCOCCN=[N+]=[N-])C(=O)N[C@@H](CCCNC(N)=O)C(=O)Nc1ccc(COC(=O)Oc2ccc([N+](=O)[O-])cc2)cc1. The van der Waals surface area contributed by atoms with Crippen molar-refractivity contribution >= 4 is 41.3 Å². The van der Waals surface area contributed by atoms with Crippen molar-refractivity contribution in [2.75, 3.05) is 58.0 Å². The first-order valence-electron chi connectivity index (χ1n) is 17.3. The van der Waals surface area contributed by atoms with Gasteiger partial charge in [0.15, 0.2) is 0 Å². The molecule has 0 aliphatic carbocycles. The Balaban J connectivity index is 1.87. The van der Waals surface area contributed by atoms with Crippen molar-refractivity contribution in [2.45, 2.75) is 51.8 Å². The lowest BCUT2D eigenvalue weighted by Gasteiger charge is -2.25. The lowest BCUT2D eigenvalue weighted by molar-refractivity contribution is -0.384. The van der Waals surface area contributed by atoms with Crippen LogP contribution in [0.4, 0.5) is 21.0 Å². The van der Waals surface area contributed by atoms with E-state index in [1.165, 1.54) is 24.3 Å². The fourth-order valence-corrected chi connectivity index (χ4v) is 4.50. The maximum absolute atomic E-state index is 13.4. The zero-order valence-electron chi connectivity index (χ0n) is 30.6. The van der Waals surface area contributed by atoms with Crippen molar-refractivity contribution in [1.82, 2.24) is 16.0 Å². The third-order valence-electron chi connectivity index (χ3n) is 7.31. The smallest absolute Gasteiger partial charge is 0.429 e. The minimum absolute atomic E-state index is 0.0241. The highest BCUT2D eigenvalue weighted by Crippen LogP contribution is 2.18. The molecule has 0 spiro atoms. The fourth-order valence-electron chi connectivity index (χ4n) is 4.50. The molecule has 0 aliphatic heterocycles. The number of carbonyl (C=O) groups is 5. The summed E-state index contributed by atoms with van der Waals surface area (Å²) in [7, 11) is 0. The minimum atomic E-state index is -1.06. The van der Waals surface area contributed by atoms with Gasteiger partial charge in [0, 0.05) is 42.2 Å². The molecule has 21 nitrogen and oxygen atoms in total. The van der Waals surface area contributed by atoms with Crippen molar-refractivity contribution in [3.63, 3.8) is 0 Å². The van der Waals surface area contributed by atoms with Crippen molar-refractivity contribution in [2.24, 2.45) is 16.8 Å². The Hall–Kier alpha value is -6.02. The van der Waals surface area contributed by atoms with Crippen LogP contribution >= 0.6 is 0 Å². The number of ether oxygens (including phenoxy) is 5. The number of rotatable bonds is 26. The van der Waals surface area contributed by atoms with Gasteiger partial charge in [-0.3, -0.25) is 24.5 Å². The van der Waals surface area contributed by atoms with Crippen molar-refractivity contribution in [3.8, 4) is 5.75 Å². The number of anilines is 1. The molecule has 0 aliphatic rings. The zero-order chi connectivity index (χ0) is 40.4. The number of carbonyl (C=O) groups excluding carboxylic acids is 5. The number of primary amides is 1. The van der Waals surface area contributed by atoms with Crippen LogP contribution in [0.2, 0.25) is 0 Å². The number of nitro benzene ring substituents is 1. The Kier molecular flexibility index (Phi) is 21.2. The molecule has 2 atom stereocenters. The number of nitro groups is 1. The third kappa shape index (κ3) is 19.6. The van der Waals surface area contributed by atoms with E-state index >= 15 is 0 Å². The first-order chi connectivity index (χ1) is 26.4. The third-order valence-corrected chi connectivity index (χ3v) is 7.31. The molecule has 2 aromatic rings. The van der Waals surface area contributed by atoms with Gasteiger partial charge in [0.25, 0.3) is 5.69 Å². The largest absolute Gasteiger partial charge is 0.514 e. The number of nitrogens with one attached hydrogen (secondary N) is 4. The number of hydrogen-bond donors (Lipinski definition) is 5. The zero-order valence-corrected chi connectivity index (χ0v) is 30.6. The predicted molar refractivity (Wildman–Crippen MR) is 196 cm³/mol. The molecule has 2 aromatic carbocycles. The van der Waals surface area contributed by atoms with E-state index in [2.05, 4.69) is 31.3 Å². The molecule has 0 heterocycles. The average Bonchev–Trinajstić information content (AvgIpc) is 3.15. The normalized spacial score (nSPS) is 11.7. The van der Waals surface area contributed by atoms with E-state index in [4.69, 9.17) is 34.9 Å². The molecule has 0 bridgehead atoms. The first-order valence-corrected chi connectivity index (χ1v) is 17.3. The van der Waals surface area contributed by atoms with Gasteiger partial charge in [-0.1, -0.05) is 31.1 Å². The maximum Gasteiger partial charge on any atom is 0.514 e. The topological polar surface area (TPSA) is 298 Å². The van der Waals surface area contributed by atoms with Crippen LogP contribution in [0.1, 0.15) is 38.7 Å². The molecule has 300 valence electrons. The van der Waals surface area contributed by atoms with Gasteiger partial charge in [0.05, 0.1) is 44.6 Å². The Bertz CT molecular complexity index is 1590. The molecule has 0 fully saturated rings. The Labute approximate surface area is 316 Å². The van der Waals surface area contributed by atoms with Gasteiger partial charge < -0.3 is 50.7 Å². The van der Waals surface area contributed by atoms with E-state index < -0.39 is 46.9 Å². The van der Waals surface area contributed by atoms with E-state index in [1.807, 2.05) is 0 Å². The van der Waals surface area contributed by atoms with Gasteiger partial charge in [-0.2, -0.15) is 0 Å². The van der Waals surface area contributed by atoms with Crippen LogP contribution in [-0.2, 0) is 39.9 Å². The summed E-state index contributed by atoms with van der Waals surface area (Å²) in [5.74, 6) is -1.86. The van der Waals surface area contributed by atoms with Gasteiger partial charge in [-0.15, -0.1) is 0 Å². The summed E-state index contributed by atoms with van der Waals surface area (Å²) in [6.07, 6.45) is -0.639. The number of azide groups is 1. The Morgan fingerprint density at radius 1 is 0.891 bits per heavy atom. The quantitative estimate of drug-likeness (QED) is 0.0135. The molecule has 2 rings (SSSR count). The first kappa shape index (κ1) is 45.1. The summed E-state index contributed by atoms with van der Waals surface area (Å²) in [6.45, 7) is 5.24. The van der Waals surface area contributed by atoms with E-state index in [1.54, 1.807) is 38.1 Å². The summed E-state index contributed by atoms with van der Waals surface area (Å²) < 4.78 is 26.1. The number of nitrogens with two attached hydrogens (primary N) is 1. The van der Waals surface area contributed by atoms with Crippen LogP contribution in [-0.4, -0.2) is 99.6 Å². The second-order valence-corrected chi connectivity index (χ2v) is 11.9.